The maximum Gasteiger partial charge on any atom is 0.281 e. The number of carbonyl (C=O) groups excluding carboxylic acids is 2. The van der Waals surface area contributed by atoms with Crippen molar-refractivity contribution in [3.63, 3.8) is 0 Å². The zero-order chi connectivity index (χ0) is 18.0. The van der Waals surface area contributed by atoms with Crippen LogP contribution in [0.15, 0.2) is 48.5 Å². The predicted molar refractivity (Wildman–Crippen MR) is 94.9 cm³/mol. The average Bonchev–Trinajstić information content (AvgIpc) is 2.96. The molecule has 0 saturated heterocycles. The first-order valence-corrected chi connectivity index (χ1v) is 8.19. The van der Waals surface area contributed by atoms with E-state index in [0.29, 0.717) is 5.02 Å². The molecule has 25 heavy (non-hydrogen) atoms. The number of non-ortho nitro benzene ring substituents is 1. The van der Waals surface area contributed by atoms with Crippen LogP contribution in [0.3, 0.4) is 0 Å². The van der Waals surface area contributed by atoms with Gasteiger partial charge in [0.1, 0.15) is 4.88 Å². The number of rotatable bonds is 3. The number of nitro groups is 1. The molecule has 1 aromatic heterocycles. The highest BCUT2D eigenvalue weighted by Gasteiger charge is 2.18. The highest BCUT2D eigenvalue weighted by atomic mass is 35.5. The fraction of sp³-hybridized carbons (Fsp3) is 0. The molecule has 3 aromatic rings. The third-order valence-corrected chi connectivity index (χ3v) is 5.05. The average molecular weight is 376 g/mol. The first-order chi connectivity index (χ1) is 12.0. The Morgan fingerprint density at radius 1 is 1.00 bits per heavy atom. The number of nitrogens with one attached hydrogen (secondary N) is 2. The van der Waals surface area contributed by atoms with Crippen molar-refractivity contribution >= 4 is 50.5 Å². The molecule has 2 aromatic carbocycles. The van der Waals surface area contributed by atoms with Crippen LogP contribution in [0.25, 0.3) is 10.1 Å². The van der Waals surface area contributed by atoms with E-state index in [1.54, 1.807) is 6.07 Å². The first-order valence-electron chi connectivity index (χ1n) is 6.99. The molecule has 9 heteroatoms. The topological polar surface area (TPSA) is 101 Å². The largest absolute Gasteiger partial charge is 0.281 e. The molecule has 0 radical (unpaired) electrons. The van der Waals surface area contributed by atoms with Gasteiger partial charge in [-0.25, -0.2) is 0 Å². The number of nitrogens with zero attached hydrogens (tertiary/aromatic N) is 1. The zero-order valence-electron chi connectivity index (χ0n) is 12.5. The van der Waals surface area contributed by atoms with Crippen molar-refractivity contribution in [1.29, 1.82) is 0 Å². The van der Waals surface area contributed by atoms with Crippen LogP contribution in [-0.4, -0.2) is 16.7 Å². The second-order valence-electron chi connectivity index (χ2n) is 4.95. The molecule has 0 spiro atoms. The quantitative estimate of drug-likeness (QED) is 0.540. The summed E-state index contributed by atoms with van der Waals surface area (Å²) in [6.07, 6.45) is 0. The minimum Gasteiger partial charge on any atom is -0.267 e. The maximum atomic E-state index is 12.2. The number of thiophene rings is 1. The predicted octanol–water partition coefficient (Wildman–Crippen LogP) is 3.54. The standard InChI is InChI=1S/C16H10ClN3O4S/c17-13-11-3-1-2-4-12(11)25-14(13)16(22)19-18-15(21)9-5-7-10(8-6-9)20(23)24/h1-8H,(H,18,21)(H,19,22). The van der Waals surface area contributed by atoms with E-state index < -0.39 is 16.7 Å². The molecule has 0 aliphatic rings. The van der Waals surface area contributed by atoms with Crippen LogP contribution in [0.4, 0.5) is 5.69 Å². The van der Waals surface area contributed by atoms with Gasteiger partial charge in [0.15, 0.2) is 0 Å². The van der Waals surface area contributed by atoms with Crippen LogP contribution in [0, 0.1) is 10.1 Å². The van der Waals surface area contributed by atoms with Crippen molar-refractivity contribution in [2.75, 3.05) is 0 Å². The van der Waals surface area contributed by atoms with E-state index in [4.69, 9.17) is 11.6 Å². The van der Waals surface area contributed by atoms with Crippen LogP contribution in [-0.2, 0) is 0 Å². The van der Waals surface area contributed by atoms with Crippen molar-refractivity contribution in [2.45, 2.75) is 0 Å². The van der Waals surface area contributed by atoms with Crippen molar-refractivity contribution in [1.82, 2.24) is 10.9 Å². The van der Waals surface area contributed by atoms with Crippen LogP contribution in [0.5, 0.6) is 0 Å². The highest BCUT2D eigenvalue weighted by Crippen LogP contribution is 2.34. The third kappa shape index (κ3) is 3.44. The minimum atomic E-state index is -0.597. The first kappa shape index (κ1) is 16.9. The van der Waals surface area contributed by atoms with E-state index in [1.807, 2.05) is 18.2 Å². The number of fused-ring (bicyclic) bond motifs is 1. The van der Waals surface area contributed by atoms with E-state index in [0.717, 1.165) is 10.1 Å². The van der Waals surface area contributed by atoms with Gasteiger partial charge >= 0.3 is 0 Å². The summed E-state index contributed by atoms with van der Waals surface area (Å²) < 4.78 is 0.861. The van der Waals surface area contributed by atoms with E-state index in [2.05, 4.69) is 10.9 Å². The number of hydrogen-bond acceptors (Lipinski definition) is 5. The molecule has 0 bridgehead atoms. The second-order valence-corrected chi connectivity index (χ2v) is 6.38. The van der Waals surface area contributed by atoms with Crippen LogP contribution >= 0.6 is 22.9 Å². The van der Waals surface area contributed by atoms with Gasteiger partial charge in [-0.1, -0.05) is 29.8 Å². The molecule has 3 rings (SSSR count). The van der Waals surface area contributed by atoms with E-state index >= 15 is 0 Å². The molecule has 0 fully saturated rings. The lowest BCUT2D eigenvalue weighted by atomic mass is 10.2. The number of carbonyl (C=O) groups is 2. The lowest BCUT2D eigenvalue weighted by Crippen LogP contribution is -2.41. The van der Waals surface area contributed by atoms with Gasteiger partial charge in [0.2, 0.25) is 0 Å². The Hall–Kier alpha value is -2.97. The molecule has 0 aliphatic heterocycles. The molecule has 7 nitrogen and oxygen atoms in total. The van der Waals surface area contributed by atoms with E-state index in [1.165, 1.54) is 35.6 Å². The summed E-state index contributed by atoms with van der Waals surface area (Å²) in [6, 6.07) is 12.3. The molecule has 0 saturated carbocycles. The summed E-state index contributed by atoms with van der Waals surface area (Å²) in [5.74, 6) is -1.14. The maximum absolute atomic E-state index is 12.2. The number of benzene rings is 2. The summed E-state index contributed by atoms with van der Waals surface area (Å²) in [6.45, 7) is 0. The molecule has 2 amide bonds. The second kappa shape index (κ2) is 6.88. The summed E-state index contributed by atoms with van der Waals surface area (Å²) in [5.41, 5.74) is 4.59. The van der Waals surface area contributed by atoms with Crippen LogP contribution < -0.4 is 10.9 Å². The summed E-state index contributed by atoms with van der Waals surface area (Å²) in [4.78, 5) is 34.5. The Labute approximate surface area is 150 Å². The van der Waals surface area contributed by atoms with Gasteiger partial charge in [-0.2, -0.15) is 0 Å². The zero-order valence-corrected chi connectivity index (χ0v) is 14.1. The minimum absolute atomic E-state index is 0.127. The van der Waals surface area contributed by atoms with Gasteiger partial charge < -0.3 is 0 Å². The summed E-state index contributed by atoms with van der Waals surface area (Å²) in [7, 11) is 0. The Bertz CT molecular complexity index is 985. The fourth-order valence-corrected chi connectivity index (χ4v) is 3.55. The molecule has 126 valence electrons. The molecule has 0 atom stereocenters. The Balaban J connectivity index is 1.69. The van der Waals surface area contributed by atoms with Crippen molar-refractivity contribution < 1.29 is 14.5 Å². The van der Waals surface area contributed by atoms with Crippen molar-refractivity contribution in [3.8, 4) is 0 Å². The molecular weight excluding hydrogens is 366 g/mol. The summed E-state index contributed by atoms with van der Waals surface area (Å²) in [5, 5.41) is 11.7. The Morgan fingerprint density at radius 3 is 2.28 bits per heavy atom. The van der Waals surface area contributed by atoms with Crippen LogP contribution in [0.1, 0.15) is 20.0 Å². The van der Waals surface area contributed by atoms with Crippen molar-refractivity contribution in [3.05, 3.63) is 74.1 Å². The SMILES string of the molecule is O=C(NNC(=O)c1sc2ccccc2c1Cl)c1ccc([N+](=O)[O-])cc1. The van der Waals surface area contributed by atoms with Gasteiger partial charge in [-0.15, -0.1) is 11.3 Å². The normalized spacial score (nSPS) is 10.4. The van der Waals surface area contributed by atoms with Gasteiger partial charge in [0.05, 0.1) is 9.95 Å². The number of hydrazine groups is 1. The van der Waals surface area contributed by atoms with Crippen LogP contribution in [0.2, 0.25) is 5.02 Å². The highest BCUT2D eigenvalue weighted by molar-refractivity contribution is 7.21. The van der Waals surface area contributed by atoms with Gasteiger partial charge in [-0.05, 0) is 18.2 Å². The number of hydrogen-bond donors (Lipinski definition) is 2. The third-order valence-electron chi connectivity index (χ3n) is 3.37. The lowest BCUT2D eigenvalue weighted by Gasteiger charge is -2.06. The van der Waals surface area contributed by atoms with Gasteiger partial charge in [0, 0.05) is 27.8 Å². The van der Waals surface area contributed by atoms with Gasteiger partial charge in [-0.3, -0.25) is 30.6 Å². The Kier molecular flexibility index (Phi) is 4.64. The fourth-order valence-electron chi connectivity index (χ4n) is 2.14. The smallest absolute Gasteiger partial charge is 0.267 e. The molecular formula is C16H10ClN3O4S. The monoisotopic (exact) mass is 375 g/mol. The number of nitro benzene ring substituents is 1. The molecule has 0 unspecified atom stereocenters. The molecule has 0 aliphatic carbocycles. The summed E-state index contributed by atoms with van der Waals surface area (Å²) >= 11 is 7.42. The van der Waals surface area contributed by atoms with E-state index in [-0.39, 0.29) is 16.1 Å². The van der Waals surface area contributed by atoms with Crippen molar-refractivity contribution in [2.24, 2.45) is 0 Å². The molecule has 2 N–H and O–H groups in total. The number of halogens is 1. The van der Waals surface area contributed by atoms with Gasteiger partial charge in [0.25, 0.3) is 17.5 Å². The van der Waals surface area contributed by atoms with E-state index in [9.17, 15) is 19.7 Å². The lowest BCUT2D eigenvalue weighted by molar-refractivity contribution is -0.384. The molecule has 1 heterocycles. The number of amides is 2. The Morgan fingerprint density at radius 2 is 1.64 bits per heavy atom.